The Morgan fingerprint density at radius 1 is 1.32 bits per heavy atom. The molecular formula is C13H16N4O2. The Labute approximate surface area is 111 Å². The van der Waals surface area contributed by atoms with Gasteiger partial charge in [0, 0.05) is 5.56 Å². The standard InChI is InChI=1S/C13H16N4O2/c1-8-6-4-5-7-11(8)12-14-15-16-17(12)10(3)9(2)13(18)19/h4-7,9-10H,1-3H3,(H,18,19). The Morgan fingerprint density at radius 3 is 2.63 bits per heavy atom. The van der Waals surface area contributed by atoms with Crippen LogP contribution < -0.4 is 0 Å². The number of carboxylic acids is 1. The number of hydrogen-bond acceptors (Lipinski definition) is 4. The van der Waals surface area contributed by atoms with E-state index >= 15 is 0 Å². The van der Waals surface area contributed by atoms with Gasteiger partial charge in [-0.05, 0) is 36.8 Å². The largest absolute Gasteiger partial charge is 0.481 e. The molecule has 1 aromatic carbocycles. The van der Waals surface area contributed by atoms with E-state index in [9.17, 15) is 4.79 Å². The van der Waals surface area contributed by atoms with E-state index in [1.165, 1.54) is 0 Å². The summed E-state index contributed by atoms with van der Waals surface area (Å²) in [6, 6.07) is 7.43. The van der Waals surface area contributed by atoms with Gasteiger partial charge in [0.1, 0.15) is 0 Å². The van der Waals surface area contributed by atoms with E-state index in [0.29, 0.717) is 5.82 Å². The number of rotatable bonds is 4. The van der Waals surface area contributed by atoms with Gasteiger partial charge >= 0.3 is 5.97 Å². The minimum Gasteiger partial charge on any atom is -0.481 e. The van der Waals surface area contributed by atoms with Crippen molar-refractivity contribution in [1.29, 1.82) is 0 Å². The summed E-state index contributed by atoms with van der Waals surface area (Å²) >= 11 is 0. The zero-order valence-corrected chi connectivity index (χ0v) is 11.1. The molecule has 0 radical (unpaired) electrons. The Bertz CT molecular complexity index is 594. The number of carbonyl (C=O) groups is 1. The van der Waals surface area contributed by atoms with Crippen LogP contribution in [-0.4, -0.2) is 31.3 Å². The highest BCUT2D eigenvalue weighted by Crippen LogP contribution is 2.25. The van der Waals surface area contributed by atoms with Gasteiger partial charge in [0.05, 0.1) is 12.0 Å². The maximum absolute atomic E-state index is 11.1. The second kappa shape index (κ2) is 5.17. The van der Waals surface area contributed by atoms with Crippen LogP contribution >= 0.6 is 0 Å². The van der Waals surface area contributed by atoms with E-state index in [1.54, 1.807) is 18.5 Å². The van der Waals surface area contributed by atoms with Crippen LogP contribution in [0.5, 0.6) is 0 Å². The molecule has 0 saturated carbocycles. The summed E-state index contributed by atoms with van der Waals surface area (Å²) in [4.78, 5) is 11.1. The van der Waals surface area contributed by atoms with Crippen LogP contribution in [-0.2, 0) is 4.79 Å². The lowest BCUT2D eigenvalue weighted by Gasteiger charge is -2.17. The summed E-state index contributed by atoms with van der Waals surface area (Å²) in [6.45, 7) is 5.42. The van der Waals surface area contributed by atoms with Crippen LogP contribution in [0.25, 0.3) is 11.4 Å². The van der Waals surface area contributed by atoms with Gasteiger partial charge in [0.15, 0.2) is 5.82 Å². The highest BCUT2D eigenvalue weighted by Gasteiger charge is 2.25. The molecule has 2 aromatic rings. The highest BCUT2D eigenvalue weighted by molar-refractivity contribution is 5.70. The molecular weight excluding hydrogens is 244 g/mol. The quantitative estimate of drug-likeness (QED) is 0.908. The van der Waals surface area contributed by atoms with Crippen LogP contribution in [0, 0.1) is 12.8 Å². The smallest absolute Gasteiger partial charge is 0.308 e. The zero-order chi connectivity index (χ0) is 14.0. The van der Waals surface area contributed by atoms with Gasteiger partial charge in [-0.1, -0.05) is 24.3 Å². The molecule has 1 heterocycles. The van der Waals surface area contributed by atoms with Crippen molar-refractivity contribution in [1.82, 2.24) is 20.2 Å². The molecule has 6 nitrogen and oxygen atoms in total. The van der Waals surface area contributed by atoms with Crippen LogP contribution in [0.15, 0.2) is 24.3 Å². The van der Waals surface area contributed by atoms with Crippen molar-refractivity contribution < 1.29 is 9.90 Å². The topological polar surface area (TPSA) is 80.9 Å². The minimum atomic E-state index is -0.862. The molecule has 0 aliphatic rings. The predicted octanol–water partition coefficient (Wildman–Crippen LogP) is 1.93. The minimum absolute atomic E-state index is 0.317. The molecule has 0 aliphatic carbocycles. The third kappa shape index (κ3) is 2.47. The first-order chi connectivity index (χ1) is 9.02. The number of benzene rings is 1. The summed E-state index contributed by atoms with van der Waals surface area (Å²) in [6.07, 6.45) is 0. The van der Waals surface area contributed by atoms with E-state index in [0.717, 1.165) is 11.1 Å². The fraction of sp³-hybridized carbons (Fsp3) is 0.385. The van der Waals surface area contributed by atoms with Crippen molar-refractivity contribution in [2.45, 2.75) is 26.8 Å². The van der Waals surface area contributed by atoms with Crippen molar-refractivity contribution in [3.05, 3.63) is 29.8 Å². The first-order valence-corrected chi connectivity index (χ1v) is 6.09. The van der Waals surface area contributed by atoms with Gasteiger partial charge < -0.3 is 5.11 Å². The molecule has 0 fully saturated rings. The number of tetrazole rings is 1. The number of aryl methyl sites for hydroxylation is 1. The Balaban J connectivity index is 2.44. The van der Waals surface area contributed by atoms with E-state index < -0.39 is 11.9 Å². The normalized spacial score (nSPS) is 14.1. The molecule has 0 bridgehead atoms. The van der Waals surface area contributed by atoms with Crippen molar-refractivity contribution >= 4 is 5.97 Å². The fourth-order valence-corrected chi connectivity index (χ4v) is 1.89. The second-order valence-electron chi connectivity index (χ2n) is 4.63. The van der Waals surface area contributed by atoms with Crippen molar-refractivity contribution in [2.75, 3.05) is 0 Å². The molecule has 0 spiro atoms. The number of hydrogen-bond donors (Lipinski definition) is 1. The molecule has 0 aliphatic heterocycles. The maximum atomic E-state index is 11.1. The van der Waals surface area contributed by atoms with Gasteiger partial charge in [-0.2, -0.15) is 0 Å². The lowest BCUT2D eigenvalue weighted by Crippen LogP contribution is -2.23. The third-order valence-corrected chi connectivity index (χ3v) is 3.38. The van der Waals surface area contributed by atoms with Gasteiger partial charge in [0.25, 0.3) is 0 Å². The van der Waals surface area contributed by atoms with Crippen molar-refractivity contribution in [2.24, 2.45) is 5.92 Å². The van der Waals surface area contributed by atoms with E-state index in [-0.39, 0.29) is 6.04 Å². The average molecular weight is 260 g/mol. The Kier molecular flexibility index (Phi) is 3.59. The molecule has 0 amide bonds. The average Bonchev–Trinajstić information content (AvgIpc) is 2.86. The number of nitrogens with zero attached hydrogens (tertiary/aromatic N) is 4. The number of aliphatic carboxylic acids is 1. The van der Waals surface area contributed by atoms with Crippen LogP contribution in [0.1, 0.15) is 25.5 Å². The van der Waals surface area contributed by atoms with Gasteiger partial charge in [-0.25, -0.2) is 4.68 Å². The molecule has 0 saturated heterocycles. The van der Waals surface area contributed by atoms with Crippen LogP contribution in [0.2, 0.25) is 0 Å². The molecule has 1 N–H and O–H groups in total. The summed E-state index contributed by atoms with van der Waals surface area (Å²) in [5.41, 5.74) is 1.96. The molecule has 2 atom stereocenters. The van der Waals surface area contributed by atoms with E-state index in [2.05, 4.69) is 15.5 Å². The van der Waals surface area contributed by atoms with Crippen LogP contribution in [0.3, 0.4) is 0 Å². The molecule has 2 unspecified atom stereocenters. The first-order valence-electron chi connectivity index (χ1n) is 6.09. The lowest BCUT2D eigenvalue weighted by molar-refractivity contribution is -0.142. The summed E-state index contributed by atoms with van der Waals surface area (Å²) in [7, 11) is 0. The molecule has 6 heteroatoms. The van der Waals surface area contributed by atoms with Crippen LogP contribution in [0.4, 0.5) is 0 Å². The summed E-state index contributed by atoms with van der Waals surface area (Å²) in [5, 5.41) is 20.7. The van der Waals surface area contributed by atoms with Crippen molar-refractivity contribution in [3.63, 3.8) is 0 Å². The first kappa shape index (κ1) is 13.2. The number of aromatic nitrogens is 4. The molecule has 19 heavy (non-hydrogen) atoms. The predicted molar refractivity (Wildman–Crippen MR) is 69.5 cm³/mol. The van der Waals surface area contributed by atoms with Gasteiger partial charge in [-0.3, -0.25) is 4.79 Å². The maximum Gasteiger partial charge on any atom is 0.308 e. The zero-order valence-electron chi connectivity index (χ0n) is 11.1. The van der Waals surface area contributed by atoms with Crippen molar-refractivity contribution in [3.8, 4) is 11.4 Å². The summed E-state index contributed by atoms with van der Waals surface area (Å²) in [5.74, 6) is -0.830. The SMILES string of the molecule is Cc1ccccc1-c1nnnn1C(C)C(C)C(=O)O. The van der Waals surface area contributed by atoms with E-state index in [1.807, 2.05) is 31.2 Å². The monoisotopic (exact) mass is 260 g/mol. The van der Waals surface area contributed by atoms with Gasteiger partial charge in [-0.15, -0.1) is 5.10 Å². The van der Waals surface area contributed by atoms with Gasteiger partial charge in [0.2, 0.25) is 0 Å². The van der Waals surface area contributed by atoms with E-state index in [4.69, 9.17) is 5.11 Å². The third-order valence-electron chi connectivity index (χ3n) is 3.38. The lowest BCUT2D eigenvalue weighted by atomic mass is 10.0. The Hall–Kier alpha value is -2.24. The molecule has 1 aromatic heterocycles. The second-order valence-corrected chi connectivity index (χ2v) is 4.63. The highest BCUT2D eigenvalue weighted by atomic mass is 16.4. The Morgan fingerprint density at radius 2 is 2.00 bits per heavy atom. The summed E-state index contributed by atoms with van der Waals surface area (Å²) < 4.78 is 1.57. The molecule has 2 rings (SSSR count). The fourth-order valence-electron chi connectivity index (χ4n) is 1.89. The number of carboxylic acid groups (broad SMARTS) is 1. The molecule has 100 valence electrons.